The van der Waals surface area contributed by atoms with E-state index in [1.165, 1.54) is 18.2 Å². The number of aliphatic carboxylic acids is 1. The summed E-state index contributed by atoms with van der Waals surface area (Å²) >= 11 is 6.23. The Hall–Kier alpha value is -3.36. The lowest BCUT2D eigenvalue weighted by molar-refractivity contribution is -0.140. The van der Waals surface area contributed by atoms with Crippen molar-refractivity contribution in [3.8, 4) is 11.1 Å². The molecule has 5 N–H and O–H groups in total. The van der Waals surface area contributed by atoms with E-state index in [2.05, 4.69) is 20.5 Å². The number of nitrogens with one attached hydrogen (secondary N) is 2. The number of hydrogen-bond acceptors (Lipinski definition) is 7. The number of aromatic amines is 1. The minimum absolute atomic E-state index is 0.0196. The molecule has 0 spiro atoms. The molecule has 35 heavy (non-hydrogen) atoms. The van der Waals surface area contributed by atoms with E-state index < -0.39 is 33.8 Å². The fourth-order valence-electron chi connectivity index (χ4n) is 3.86. The fraction of sp³-hybridized carbons (Fsp3) is 0.250. The number of hydrogen-bond donors (Lipinski definition) is 4. The van der Waals surface area contributed by atoms with Gasteiger partial charge < -0.3 is 16.2 Å². The van der Waals surface area contributed by atoms with Gasteiger partial charge in [-0.3, -0.25) is 4.79 Å². The van der Waals surface area contributed by atoms with Gasteiger partial charge in [0.25, 0.3) is 0 Å². The summed E-state index contributed by atoms with van der Waals surface area (Å²) in [5.41, 5.74) is 3.97. The number of nitrogens with zero attached hydrogens (tertiary/aromatic N) is 3. The van der Waals surface area contributed by atoms with Crippen molar-refractivity contribution in [1.29, 1.82) is 0 Å². The number of nitrogens with two attached hydrogens (primary N) is 1. The molecule has 0 radical (unpaired) electrons. The van der Waals surface area contributed by atoms with Gasteiger partial charge in [0.15, 0.2) is 0 Å². The van der Waals surface area contributed by atoms with Crippen LogP contribution in [0.2, 0.25) is 5.02 Å². The van der Waals surface area contributed by atoms with E-state index in [1.54, 1.807) is 0 Å². The van der Waals surface area contributed by atoms with Crippen molar-refractivity contribution >= 4 is 45.2 Å². The Morgan fingerprint density at radius 1 is 1.26 bits per heavy atom. The summed E-state index contributed by atoms with van der Waals surface area (Å²) in [6, 6.07) is 5.51. The van der Waals surface area contributed by atoms with Crippen LogP contribution >= 0.6 is 11.6 Å². The first-order chi connectivity index (χ1) is 16.4. The van der Waals surface area contributed by atoms with Gasteiger partial charge in [0, 0.05) is 17.8 Å². The lowest BCUT2D eigenvalue weighted by Gasteiger charge is -2.21. The number of anilines is 3. The molecule has 3 aromatic rings. The summed E-state index contributed by atoms with van der Waals surface area (Å²) in [5, 5.41) is 17.7. The molecule has 4 rings (SSSR count). The Bertz CT molecular complexity index is 1380. The highest BCUT2D eigenvalue weighted by atomic mass is 35.5. The first kappa shape index (κ1) is 24.8. The zero-order chi connectivity index (χ0) is 25.5. The van der Waals surface area contributed by atoms with Crippen LogP contribution in [0.25, 0.3) is 11.1 Å². The third-order valence-corrected chi connectivity index (χ3v) is 7.61. The number of sulfonamides is 1. The molecule has 1 saturated heterocycles. The average molecular weight is 531 g/mol. The van der Waals surface area contributed by atoms with Gasteiger partial charge in [-0.25, -0.2) is 13.5 Å². The average Bonchev–Trinajstić information content (AvgIpc) is 3.42. The highest BCUT2D eigenvalue weighted by Gasteiger charge is 2.40. The largest absolute Gasteiger partial charge is 0.480 e. The zero-order valence-corrected chi connectivity index (χ0v) is 19.2. The highest BCUT2D eigenvalue weighted by Crippen LogP contribution is 2.43. The lowest BCUT2D eigenvalue weighted by Crippen LogP contribution is -2.40. The van der Waals surface area contributed by atoms with Crippen molar-refractivity contribution in [2.45, 2.75) is 30.0 Å². The normalized spacial score (nSPS) is 17.0. The maximum atomic E-state index is 13.9. The predicted molar refractivity (Wildman–Crippen MR) is 121 cm³/mol. The first-order valence-electron chi connectivity index (χ1n) is 10.1. The van der Waals surface area contributed by atoms with Crippen molar-refractivity contribution in [3.63, 3.8) is 0 Å². The summed E-state index contributed by atoms with van der Waals surface area (Å²) in [5.74, 6) is -1.36. The Morgan fingerprint density at radius 3 is 2.51 bits per heavy atom. The molecule has 0 amide bonds. The molecule has 1 atom stereocenters. The van der Waals surface area contributed by atoms with Gasteiger partial charge in [-0.05, 0) is 42.7 Å². The summed E-state index contributed by atoms with van der Waals surface area (Å²) in [7, 11) is -4.16. The van der Waals surface area contributed by atoms with Crippen LogP contribution in [0, 0.1) is 0 Å². The van der Waals surface area contributed by atoms with Crippen LogP contribution in [0.3, 0.4) is 0 Å². The molecule has 0 unspecified atom stereocenters. The fourth-order valence-corrected chi connectivity index (χ4v) is 5.84. The Labute approximate surface area is 202 Å². The van der Waals surface area contributed by atoms with Gasteiger partial charge >= 0.3 is 12.1 Å². The molecule has 10 nitrogen and oxygen atoms in total. The van der Waals surface area contributed by atoms with Crippen molar-refractivity contribution < 1.29 is 31.5 Å². The topological polar surface area (TPSA) is 154 Å². The molecular formula is C20H18ClF3N6O4S. The third kappa shape index (κ3) is 4.90. The Morgan fingerprint density at radius 2 is 1.94 bits per heavy atom. The van der Waals surface area contributed by atoms with Gasteiger partial charge in [0.05, 0.1) is 15.5 Å². The van der Waals surface area contributed by atoms with Crippen molar-refractivity contribution in [2.24, 2.45) is 0 Å². The molecule has 0 aliphatic carbocycles. The van der Waals surface area contributed by atoms with Gasteiger partial charge in [-0.15, -0.1) is 5.10 Å². The van der Waals surface area contributed by atoms with E-state index in [-0.39, 0.29) is 51.6 Å². The highest BCUT2D eigenvalue weighted by molar-refractivity contribution is 7.89. The monoisotopic (exact) mass is 530 g/mol. The van der Waals surface area contributed by atoms with E-state index in [0.717, 1.165) is 22.5 Å². The number of carboxylic acids is 1. The summed E-state index contributed by atoms with van der Waals surface area (Å²) in [4.78, 5) is 14.9. The number of H-pyrrole nitrogens is 1. The molecule has 186 valence electrons. The lowest BCUT2D eigenvalue weighted by atomic mass is 9.98. The second kappa shape index (κ2) is 9.02. The second-order valence-electron chi connectivity index (χ2n) is 7.68. The number of alkyl halides is 3. The van der Waals surface area contributed by atoms with E-state index in [0.29, 0.717) is 6.42 Å². The SMILES string of the molecule is Nc1nc(Nc2cc(Cl)c(-c3ccc(S(=O)(=O)N4CCC[C@H]4C(=O)O)cc3)c(C(F)(F)F)c2)n[nH]1. The molecule has 2 heterocycles. The molecule has 1 aliphatic rings. The van der Waals surface area contributed by atoms with E-state index in [1.807, 2.05) is 0 Å². The zero-order valence-electron chi connectivity index (χ0n) is 17.7. The Balaban J connectivity index is 1.71. The van der Waals surface area contributed by atoms with Gasteiger partial charge in [-0.2, -0.15) is 22.5 Å². The number of carbonyl (C=O) groups is 1. The minimum Gasteiger partial charge on any atom is -0.480 e. The molecular weight excluding hydrogens is 513 g/mol. The van der Waals surface area contributed by atoms with Crippen LogP contribution in [0.4, 0.5) is 30.8 Å². The third-order valence-electron chi connectivity index (χ3n) is 5.39. The summed E-state index contributed by atoms with van der Waals surface area (Å²) < 4.78 is 68.5. The molecule has 1 aliphatic heterocycles. The van der Waals surface area contributed by atoms with E-state index >= 15 is 0 Å². The smallest absolute Gasteiger partial charge is 0.417 e. The standard InChI is InChI=1S/C20H18ClF3N6O4S/c21-14-9-11(26-19-27-18(25)28-29-19)8-13(20(22,23)24)16(14)10-3-5-12(6-4-10)35(33,34)30-7-1-2-15(30)17(31)32/h3-6,8-9,15H,1-2,7H2,(H,31,32)(H4,25,26,27,28,29)/t15-/m0/s1. The number of benzene rings is 2. The molecule has 0 bridgehead atoms. The van der Waals surface area contributed by atoms with Crippen molar-refractivity contribution in [2.75, 3.05) is 17.6 Å². The number of carboxylic acid groups (broad SMARTS) is 1. The Kier molecular flexibility index (Phi) is 6.38. The number of aromatic nitrogens is 3. The van der Waals surface area contributed by atoms with Crippen LogP contribution in [-0.2, 0) is 21.0 Å². The maximum absolute atomic E-state index is 13.9. The molecule has 15 heteroatoms. The number of rotatable bonds is 6. The van der Waals surface area contributed by atoms with Crippen LogP contribution in [0.5, 0.6) is 0 Å². The summed E-state index contributed by atoms with van der Waals surface area (Å²) in [6.45, 7) is 0.0378. The molecule has 1 fully saturated rings. The first-order valence-corrected chi connectivity index (χ1v) is 11.9. The van der Waals surface area contributed by atoms with Crippen LogP contribution in [-0.4, -0.2) is 51.6 Å². The minimum atomic E-state index is -4.80. The van der Waals surface area contributed by atoms with E-state index in [9.17, 15) is 31.5 Å². The van der Waals surface area contributed by atoms with Gasteiger partial charge in [0.2, 0.25) is 21.9 Å². The maximum Gasteiger partial charge on any atom is 0.417 e. The predicted octanol–water partition coefficient (Wildman–Crippen LogP) is 3.71. The molecule has 1 aromatic heterocycles. The van der Waals surface area contributed by atoms with Gasteiger partial charge in [-0.1, -0.05) is 23.7 Å². The quantitative estimate of drug-likeness (QED) is 0.376. The molecule has 0 saturated carbocycles. The number of nitrogen functional groups attached to an aromatic ring is 1. The van der Waals surface area contributed by atoms with Crippen LogP contribution in [0.15, 0.2) is 41.3 Å². The second-order valence-corrected chi connectivity index (χ2v) is 9.98. The van der Waals surface area contributed by atoms with Crippen molar-refractivity contribution in [1.82, 2.24) is 19.5 Å². The van der Waals surface area contributed by atoms with Crippen LogP contribution in [0.1, 0.15) is 18.4 Å². The van der Waals surface area contributed by atoms with Gasteiger partial charge in [0.1, 0.15) is 6.04 Å². The van der Waals surface area contributed by atoms with E-state index in [4.69, 9.17) is 17.3 Å². The summed E-state index contributed by atoms with van der Waals surface area (Å²) in [6.07, 6.45) is -4.23. The number of halogens is 4. The molecule has 2 aromatic carbocycles. The van der Waals surface area contributed by atoms with Crippen LogP contribution < -0.4 is 11.1 Å². The van der Waals surface area contributed by atoms with Crippen molar-refractivity contribution in [3.05, 3.63) is 47.0 Å².